The fraction of sp³-hybridized carbons (Fsp3) is 0.571. The van der Waals surface area contributed by atoms with Crippen LogP contribution in [0.1, 0.15) is 5.56 Å². The van der Waals surface area contributed by atoms with Crippen LogP contribution < -0.4 is 19.5 Å². The minimum Gasteiger partial charge on any atom is -0.493 e. The van der Waals surface area contributed by atoms with Crippen LogP contribution >= 0.6 is 0 Å². The van der Waals surface area contributed by atoms with E-state index in [4.69, 9.17) is 18.9 Å². The van der Waals surface area contributed by atoms with E-state index in [-0.39, 0.29) is 6.61 Å². The number of rotatable bonds is 10. The lowest BCUT2D eigenvalue weighted by Crippen LogP contribution is -2.21. The van der Waals surface area contributed by atoms with Crippen molar-refractivity contribution in [3.05, 3.63) is 17.7 Å². The first-order chi connectivity index (χ1) is 10.1. The standard InChI is InChI=1S/C14H21F2NO4/c1-18-11-5-4-10(13(19-2)14(11)20-3)8-17-6-7-21-9-12(15)16/h4-5,12,17H,6-9H2,1-3H3. The van der Waals surface area contributed by atoms with Crippen molar-refractivity contribution < 1.29 is 27.7 Å². The zero-order chi connectivity index (χ0) is 15.7. The van der Waals surface area contributed by atoms with Crippen molar-refractivity contribution in [3.63, 3.8) is 0 Å². The normalized spacial score (nSPS) is 10.8. The molecule has 1 N–H and O–H groups in total. The zero-order valence-corrected chi connectivity index (χ0v) is 12.4. The van der Waals surface area contributed by atoms with Crippen molar-refractivity contribution in [1.29, 1.82) is 0 Å². The first-order valence-corrected chi connectivity index (χ1v) is 6.48. The Morgan fingerprint density at radius 1 is 1.05 bits per heavy atom. The lowest BCUT2D eigenvalue weighted by atomic mass is 10.1. The Labute approximate surface area is 123 Å². The van der Waals surface area contributed by atoms with E-state index < -0.39 is 13.0 Å². The number of ether oxygens (including phenoxy) is 4. The molecule has 1 aromatic rings. The van der Waals surface area contributed by atoms with Crippen LogP contribution in [-0.2, 0) is 11.3 Å². The van der Waals surface area contributed by atoms with Gasteiger partial charge in [-0.3, -0.25) is 0 Å². The molecule has 1 rings (SSSR count). The second kappa shape index (κ2) is 9.36. The number of hydrogen-bond acceptors (Lipinski definition) is 5. The Morgan fingerprint density at radius 2 is 1.76 bits per heavy atom. The minimum absolute atomic E-state index is 0.222. The van der Waals surface area contributed by atoms with Crippen molar-refractivity contribution in [3.8, 4) is 17.2 Å². The summed E-state index contributed by atoms with van der Waals surface area (Å²) in [7, 11) is 4.64. The van der Waals surface area contributed by atoms with Gasteiger partial charge in [0.25, 0.3) is 6.43 Å². The number of methoxy groups -OCH3 is 3. The summed E-state index contributed by atoms with van der Waals surface area (Å²) in [6, 6.07) is 3.64. The maximum absolute atomic E-state index is 11.9. The van der Waals surface area contributed by atoms with E-state index in [0.717, 1.165) is 5.56 Å². The summed E-state index contributed by atoms with van der Waals surface area (Å²) in [5.41, 5.74) is 0.879. The molecule has 0 saturated heterocycles. The molecule has 1 aromatic carbocycles. The Balaban J connectivity index is 2.55. The molecule has 0 aromatic heterocycles. The average molecular weight is 305 g/mol. The monoisotopic (exact) mass is 305 g/mol. The van der Waals surface area contributed by atoms with Gasteiger partial charge in [-0.25, -0.2) is 8.78 Å². The molecule has 0 aliphatic carbocycles. The highest BCUT2D eigenvalue weighted by molar-refractivity contribution is 5.55. The van der Waals surface area contributed by atoms with Gasteiger partial charge < -0.3 is 24.3 Å². The van der Waals surface area contributed by atoms with Crippen LogP contribution in [0.25, 0.3) is 0 Å². The SMILES string of the molecule is COc1ccc(CNCCOCC(F)F)c(OC)c1OC. The van der Waals surface area contributed by atoms with Crippen LogP contribution in [0.15, 0.2) is 12.1 Å². The second-order valence-corrected chi connectivity index (χ2v) is 4.14. The molecule has 0 fully saturated rings. The summed E-state index contributed by atoms with van der Waals surface area (Å²) >= 11 is 0. The molecule has 7 heteroatoms. The molecule has 0 saturated carbocycles. The van der Waals surface area contributed by atoms with E-state index in [9.17, 15) is 8.78 Å². The molecule has 0 radical (unpaired) electrons. The van der Waals surface area contributed by atoms with Gasteiger partial charge in [-0.2, -0.15) is 0 Å². The molecule has 0 aliphatic rings. The van der Waals surface area contributed by atoms with Crippen LogP contribution in [0.3, 0.4) is 0 Å². The van der Waals surface area contributed by atoms with Crippen molar-refractivity contribution in [1.82, 2.24) is 5.32 Å². The van der Waals surface area contributed by atoms with Gasteiger partial charge in [-0.15, -0.1) is 0 Å². The first kappa shape index (κ1) is 17.5. The highest BCUT2D eigenvalue weighted by Crippen LogP contribution is 2.39. The predicted molar refractivity (Wildman–Crippen MR) is 74.6 cm³/mol. The number of hydrogen-bond donors (Lipinski definition) is 1. The Bertz CT molecular complexity index is 430. The first-order valence-electron chi connectivity index (χ1n) is 6.48. The largest absolute Gasteiger partial charge is 0.493 e. The fourth-order valence-electron chi connectivity index (χ4n) is 1.84. The van der Waals surface area contributed by atoms with Gasteiger partial charge in [-0.1, -0.05) is 6.07 Å². The number of halogens is 2. The maximum atomic E-state index is 11.9. The molecule has 0 bridgehead atoms. The van der Waals surface area contributed by atoms with Gasteiger partial charge in [0.05, 0.1) is 27.9 Å². The Hall–Kier alpha value is -1.60. The molecule has 120 valence electrons. The molecule has 0 amide bonds. The van der Waals surface area contributed by atoms with E-state index >= 15 is 0 Å². The van der Waals surface area contributed by atoms with Gasteiger partial charge in [0.1, 0.15) is 6.61 Å². The smallest absolute Gasteiger partial charge is 0.261 e. The van der Waals surface area contributed by atoms with E-state index in [1.807, 2.05) is 6.07 Å². The lowest BCUT2D eigenvalue weighted by Gasteiger charge is -2.16. The van der Waals surface area contributed by atoms with Gasteiger partial charge in [0.15, 0.2) is 11.5 Å². The second-order valence-electron chi connectivity index (χ2n) is 4.14. The third-order valence-electron chi connectivity index (χ3n) is 2.77. The molecule has 0 heterocycles. The van der Waals surface area contributed by atoms with Crippen molar-refractivity contribution in [2.75, 3.05) is 41.1 Å². The highest BCUT2D eigenvalue weighted by Gasteiger charge is 2.15. The van der Waals surface area contributed by atoms with Crippen LogP contribution in [0.5, 0.6) is 17.2 Å². The van der Waals surface area contributed by atoms with Crippen LogP contribution in [0, 0.1) is 0 Å². The van der Waals surface area contributed by atoms with E-state index in [0.29, 0.717) is 30.3 Å². The molecule has 0 aliphatic heterocycles. The number of nitrogens with one attached hydrogen (secondary N) is 1. The molecule has 0 unspecified atom stereocenters. The summed E-state index contributed by atoms with van der Waals surface area (Å²) in [4.78, 5) is 0. The third-order valence-corrected chi connectivity index (χ3v) is 2.77. The Kier molecular flexibility index (Phi) is 7.78. The molecule has 0 spiro atoms. The maximum Gasteiger partial charge on any atom is 0.261 e. The van der Waals surface area contributed by atoms with Crippen LogP contribution in [0.2, 0.25) is 0 Å². The van der Waals surface area contributed by atoms with Crippen molar-refractivity contribution >= 4 is 0 Å². The minimum atomic E-state index is -2.43. The summed E-state index contributed by atoms with van der Waals surface area (Å²) in [5.74, 6) is 1.68. The predicted octanol–water partition coefficient (Wildman–Crippen LogP) is 2.08. The topological polar surface area (TPSA) is 49.0 Å². The lowest BCUT2D eigenvalue weighted by molar-refractivity contribution is 0.0187. The molecule has 5 nitrogen and oxygen atoms in total. The summed E-state index contributed by atoms with van der Waals surface area (Å²) in [6.45, 7) is 0.646. The van der Waals surface area contributed by atoms with Crippen LogP contribution in [-0.4, -0.2) is 47.5 Å². The fourth-order valence-corrected chi connectivity index (χ4v) is 1.84. The molecular weight excluding hydrogens is 284 g/mol. The quantitative estimate of drug-likeness (QED) is 0.671. The van der Waals surface area contributed by atoms with E-state index in [1.165, 1.54) is 7.11 Å². The van der Waals surface area contributed by atoms with E-state index in [2.05, 4.69) is 5.32 Å². The molecule has 0 atom stereocenters. The highest BCUT2D eigenvalue weighted by atomic mass is 19.3. The number of benzene rings is 1. The third kappa shape index (κ3) is 5.35. The summed E-state index contributed by atoms with van der Waals surface area (Å²) in [6.07, 6.45) is -2.43. The Morgan fingerprint density at radius 3 is 2.33 bits per heavy atom. The summed E-state index contributed by atoms with van der Waals surface area (Å²) < 4.78 is 44.4. The van der Waals surface area contributed by atoms with Gasteiger partial charge in [0.2, 0.25) is 5.75 Å². The molecular formula is C14H21F2NO4. The average Bonchev–Trinajstić information content (AvgIpc) is 2.49. The number of alkyl halides is 2. The van der Waals surface area contributed by atoms with Crippen molar-refractivity contribution in [2.24, 2.45) is 0 Å². The van der Waals surface area contributed by atoms with Gasteiger partial charge in [-0.05, 0) is 6.07 Å². The van der Waals surface area contributed by atoms with Crippen LogP contribution in [0.4, 0.5) is 8.78 Å². The zero-order valence-electron chi connectivity index (χ0n) is 12.4. The van der Waals surface area contributed by atoms with Gasteiger partial charge >= 0.3 is 0 Å². The van der Waals surface area contributed by atoms with Gasteiger partial charge in [0, 0.05) is 18.7 Å². The van der Waals surface area contributed by atoms with Crippen molar-refractivity contribution in [2.45, 2.75) is 13.0 Å². The summed E-state index contributed by atoms with van der Waals surface area (Å²) in [5, 5.41) is 3.09. The van der Waals surface area contributed by atoms with E-state index in [1.54, 1.807) is 20.3 Å². The molecule has 21 heavy (non-hydrogen) atoms.